The van der Waals surface area contributed by atoms with Crippen molar-refractivity contribution < 1.29 is 23.5 Å². The molecule has 0 spiro atoms. The number of rotatable bonds is 3. The monoisotopic (exact) mass is 355 g/mol. The molecule has 0 radical (unpaired) electrons. The number of hydrogen-bond donors (Lipinski definition) is 1. The molecule has 0 aliphatic heterocycles. The molecule has 0 aromatic heterocycles. The Bertz CT molecular complexity index is 1070. The van der Waals surface area contributed by atoms with Gasteiger partial charge in [0.25, 0.3) is 0 Å². The van der Waals surface area contributed by atoms with Gasteiger partial charge in [-0.05, 0) is 33.7 Å². The van der Waals surface area contributed by atoms with E-state index in [0.717, 1.165) is 32.3 Å². The number of ether oxygens (including phenoxy) is 1. The zero-order valence-electron chi connectivity index (χ0n) is 13.7. The Hall–Kier alpha value is -2.62. The van der Waals surface area contributed by atoms with Gasteiger partial charge in [0.15, 0.2) is 5.75 Å². The van der Waals surface area contributed by atoms with E-state index in [4.69, 9.17) is 9.05 Å². The van der Waals surface area contributed by atoms with E-state index in [1.807, 2.05) is 24.3 Å². The van der Waals surface area contributed by atoms with Crippen molar-refractivity contribution in [2.24, 2.45) is 0 Å². The molecule has 6 heteroatoms. The molecule has 0 amide bonds. The fourth-order valence-corrected chi connectivity index (χ4v) is 4.08. The summed E-state index contributed by atoms with van der Waals surface area (Å²) in [6.07, 6.45) is -0.976. The maximum absolute atomic E-state index is 11.3. The summed E-state index contributed by atoms with van der Waals surface area (Å²) in [6.45, 7) is 1.35. The van der Waals surface area contributed by atoms with Gasteiger partial charge in [0.05, 0.1) is 7.11 Å². The van der Waals surface area contributed by atoms with Gasteiger partial charge in [-0.25, -0.2) is 0 Å². The van der Waals surface area contributed by atoms with Crippen LogP contribution in [0.1, 0.15) is 0 Å². The van der Waals surface area contributed by atoms with Gasteiger partial charge in [-0.15, -0.1) is 0 Å². The molecular formula is C19H16O5P+. The third-order valence-corrected chi connectivity index (χ3v) is 5.19. The fraction of sp³-hybridized carbons (Fsp3) is 0.105. The Morgan fingerprint density at radius 2 is 1.52 bits per heavy atom. The maximum Gasteiger partial charge on any atom is 0.552 e. The molecule has 1 atom stereocenters. The van der Waals surface area contributed by atoms with E-state index in [9.17, 15) is 9.69 Å². The van der Waals surface area contributed by atoms with Crippen molar-refractivity contribution in [3.05, 3.63) is 54.6 Å². The lowest BCUT2D eigenvalue weighted by Crippen LogP contribution is -2.10. The molecule has 1 unspecified atom stereocenters. The minimum absolute atomic E-state index is 0.466. The van der Waals surface area contributed by atoms with Crippen molar-refractivity contribution in [2.45, 2.75) is 0 Å². The number of benzene rings is 4. The molecule has 25 heavy (non-hydrogen) atoms. The second-order valence-electron chi connectivity index (χ2n) is 5.86. The lowest BCUT2D eigenvalue weighted by Gasteiger charge is -2.15. The predicted octanol–water partition coefficient (Wildman–Crippen LogP) is 5.13. The van der Waals surface area contributed by atoms with Crippen LogP contribution < -0.4 is 4.52 Å². The molecule has 0 saturated carbocycles. The van der Waals surface area contributed by atoms with Crippen molar-refractivity contribution in [1.82, 2.24) is 0 Å². The Kier molecular flexibility index (Phi) is 3.64. The smallest absolute Gasteiger partial charge is 0.435 e. The summed E-state index contributed by atoms with van der Waals surface area (Å²) in [6, 6.07) is 18.0. The van der Waals surface area contributed by atoms with Crippen LogP contribution in [0.5, 0.6) is 5.75 Å². The van der Waals surface area contributed by atoms with Crippen LogP contribution in [0.15, 0.2) is 54.6 Å². The summed E-state index contributed by atoms with van der Waals surface area (Å²) in [5, 5.41) is 6.43. The number of carbonyl (C=O) groups excluding carboxylic acids is 1. The lowest BCUT2D eigenvalue weighted by molar-refractivity contribution is 0.113. The third kappa shape index (κ3) is 2.72. The van der Waals surface area contributed by atoms with Crippen LogP contribution in [0.25, 0.3) is 32.3 Å². The molecular weight excluding hydrogens is 339 g/mol. The van der Waals surface area contributed by atoms with Gasteiger partial charge in [0.2, 0.25) is 0 Å². The predicted molar refractivity (Wildman–Crippen MR) is 99.3 cm³/mol. The van der Waals surface area contributed by atoms with Gasteiger partial charge in [0, 0.05) is 10.8 Å². The fourth-order valence-electron chi connectivity index (χ4n) is 3.16. The van der Waals surface area contributed by atoms with Crippen LogP contribution >= 0.6 is 7.94 Å². The minimum Gasteiger partial charge on any atom is -0.435 e. The highest BCUT2D eigenvalue weighted by Crippen LogP contribution is 2.54. The molecule has 4 rings (SSSR count). The summed E-state index contributed by atoms with van der Waals surface area (Å²) in [5.41, 5.74) is 0. The SMILES string of the molecule is COC(=O)O[P+](C)(O)Oc1ccc2ccc3cccc4ccc1c2c34. The first kappa shape index (κ1) is 15.9. The lowest BCUT2D eigenvalue weighted by atomic mass is 9.94. The van der Waals surface area contributed by atoms with Crippen LogP contribution in [0.3, 0.4) is 0 Å². The quantitative estimate of drug-likeness (QED) is 0.313. The van der Waals surface area contributed by atoms with Gasteiger partial charge in [0.1, 0.15) is 6.66 Å². The number of methoxy groups -OCH3 is 1. The summed E-state index contributed by atoms with van der Waals surface area (Å²) in [5.74, 6) is 0.466. The van der Waals surface area contributed by atoms with Crippen molar-refractivity contribution in [3.63, 3.8) is 0 Å². The Balaban J connectivity index is 1.89. The van der Waals surface area contributed by atoms with Crippen LogP contribution in [0.4, 0.5) is 4.79 Å². The van der Waals surface area contributed by atoms with Crippen molar-refractivity contribution in [2.75, 3.05) is 13.8 Å². The Morgan fingerprint density at radius 3 is 2.20 bits per heavy atom. The number of hydrogen-bond acceptors (Lipinski definition) is 5. The average Bonchev–Trinajstić information content (AvgIpc) is 2.60. The van der Waals surface area contributed by atoms with Gasteiger partial charge in [-0.2, -0.15) is 14.2 Å². The molecule has 0 bridgehead atoms. The standard InChI is InChI=1S/C19H16O5P/c1-22-19(20)24-25(2,21)23-16-11-9-14-7-6-12-4-3-5-13-8-10-15(16)18(14)17(12)13/h3-11,21H,1-2H3/q+1. The van der Waals surface area contributed by atoms with Crippen LogP contribution in [-0.4, -0.2) is 24.8 Å². The van der Waals surface area contributed by atoms with Gasteiger partial charge in [-0.3, -0.25) is 4.52 Å². The highest BCUT2D eigenvalue weighted by Gasteiger charge is 2.41. The van der Waals surface area contributed by atoms with E-state index in [-0.39, 0.29) is 0 Å². The van der Waals surface area contributed by atoms with E-state index >= 15 is 0 Å². The molecule has 4 aromatic carbocycles. The summed E-state index contributed by atoms with van der Waals surface area (Å²) < 4.78 is 15.0. The van der Waals surface area contributed by atoms with Gasteiger partial charge in [-0.1, -0.05) is 42.5 Å². The first-order chi connectivity index (χ1) is 12.0. The second-order valence-corrected chi connectivity index (χ2v) is 7.83. The summed E-state index contributed by atoms with van der Waals surface area (Å²) in [7, 11) is -2.22. The van der Waals surface area contributed by atoms with E-state index in [1.54, 1.807) is 6.07 Å². The number of carbonyl (C=O) groups is 1. The largest absolute Gasteiger partial charge is 0.552 e. The van der Waals surface area contributed by atoms with Crippen LogP contribution in [0.2, 0.25) is 0 Å². The van der Waals surface area contributed by atoms with E-state index in [0.29, 0.717) is 5.75 Å². The molecule has 1 N–H and O–H groups in total. The molecule has 5 nitrogen and oxygen atoms in total. The zero-order chi connectivity index (χ0) is 17.6. The van der Waals surface area contributed by atoms with Crippen LogP contribution in [-0.2, 0) is 9.26 Å². The minimum atomic E-state index is -3.40. The maximum atomic E-state index is 11.3. The average molecular weight is 355 g/mol. The van der Waals surface area contributed by atoms with E-state index in [2.05, 4.69) is 29.0 Å². The van der Waals surface area contributed by atoms with Crippen molar-refractivity contribution in [3.8, 4) is 5.75 Å². The molecule has 0 saturated heterocycles. The van der Waals surface area contributed by atoms with E-state index < -0.39 is 14.1 Å². The molecule has 0 fully saturated rings. The topological polar surface area (TPSA) is 65.0 Å². The molecule has 0 aliphatic rings. The van der Waals surface area contributed by atoms with Crippen molar-refractivity contribution in [1.29, 1.82) is 0 Å². The first-order valence-electron chi connectivity index (χ1n) is 7.71. The van der Waals surface area contributed by atoms with Crippen LogP contribution in [0, 0.1) is 0 Å². The highest BCUT2D eigenvalue weighted by molar-refractivity contribution is 7.60. The summed E-state index contributed by atoms with van der Waals surface area (Å²) >= 11 is 0. The van der Waals surface area contributed by atoms with Crippen molar-refractivity contribution >= 4 is 46.4 Å². The second kappa shape index (κ2) is 5.73. The van der Waals surface area contributed by atoms with Gasteiger partial charge < -0.3 is 4.74 Å². The van der Waals surface area contributed by atoms with Gasteiger partial charge >= 0.3 is 14.1 Å². The third-order valence-electron chi connectivity index (χ3n) is 4.17. The summed E-state index contributed by atoms with van der Waals surface area (Å²) in [4.78, 5) is 21.6. The van der Waals surface area contributed by atoms with E-state index in [1.165, 1.54) is 13.8 Å². The normalized spacial score (nSPS) is 13.9. The Morgan fingerprint density at radius 1 is 0.920 bits per heavy atom. The first-order valence-corrected chi connectivity index (χ1v) is 9.74. The molecule has 126 valence electrons. The molecule has 0 heterocycles. The molecule has 0 aliphatic carbocycles. The Labute approximate surface area is 144 Å². The zero-order valence-corrected chi connectivity index (χ0v) is 14.6. The highest BCUT2D eigenvalue weighted by atomic mass is 31.2. The molecule has 4 aromatic rings.